The van der Waals surface area contributed by atoms with Crippen LogP contribution in [0.3, 0.4) is 0 Å². The van der Waals surface area contributed by atoms with Crippen molar-refractivity contribution in [2.75, 3.05) is 7.11 Å². The normalized spacial score (nSPS) is 12.9. The Morgan fingerprint density at radius 1 is 1.33 bits per heavy atom. The van der Waals surface area contributed by atoms with Crippen molar-refractivity contribution < 1.29 is 32.5 Å². The van der Waals surface area contributed by atoms with Gasteiger partial charge in [0.15, 0.2) is 0 Å². The summed E-state index contributed by atoms with van der Waals surface area (Å²) in [6, 6.07) is 4.61. The van der Waals surface area contributed by atoms with Crippen LogP contribution in [0.15, 0.2) is 24.3 Å². The van der Waals surface area contributed by atoms with Gasteiger partial charge in [-0.3, -0.25) is 4.79 Å². The van der Waals surface area contributed by atoms with Crippen LogP contribution in [-0.2, 0) is 9.53 Å². The van der Waals surface area contributed by atoms with Gasteiger partial charge in [0.1, 0.15) is 5.75 Å². The van der Waals surface area contributed by atoms with Gasteiger partial charge < -0.3 is 14.6 Å². The number of rotatable bonds is 4. The SMILES string of the molecule is COC(=O)C[C@H](O)c1ccc(OC(F)(F)F)cc1. The van der Waals surface area contributed by atoms with Gasteiger partial charge in [0.05, 0.1) is 19.6 Å². The lowest BCUT2D eigenvalue weighted by Gasteiger charge is -2.12. The number of methoxy groups -OCH3 is 1. The summed E-state index contributed by atoms with van der Waals surface area (Å²) in [6.07, 6.45) is -6.15. The Morgan fingerprint density at radius 2 is 1.89 bits per heavy atom. The Hall–Kier alpha value is -1.76. The van der Waals surface area contributed by atoms with E-state index in [0.29, 0.717) is 5.56 Å². The Kier molecular flexibility index (Phi) is 4.55. The minimum Gasteiger partial charge on any atom is -0.469 e. The molecule has 0 amide bonds. The lowest BCUT2D eigenvalue weighted by molar-refractivity contribution is -0.274. The van der Waals surface area contributed by atoms with Gasteiger partial charge in [-0.1, -0.05) is 12.1 Å². The lowest BCUT2D eigenvalue weighted by atomic mass is 10.1. The molecule has 100 valence electrons. The largest absolute Gasteiger partial charge is 0.573 e. The number of aliphatic hydroxyl groups is 1. The fourth-order valence-electron chi connectivity index (χ4n) is 1.25. The molecule has 0 fully saturated rings. The number of alkyl halides is 3. The van der Waals surface area contributed by atoms with Gasteiger partial charge in [0.25, 0.3) is 0 Å². The molecule has 1 rings (SSSR count). The second kappa shape index (κ2) is 5.72. The van der Waals surface area contributed by atoms with Crippen molar-refractivity contribution in [2.45, 2.75) is 18.9 Å². The van der Waals surface area contributed by atoms with E-state index in [1.807, 2.05) is 0 Å². The maximum absolute atomic E-state index is 11.9. The molecule has 0 saturated carbocycles. The molecule has 0 heterocycles. The van der Waals surface area contributed by atoms with Crippen LogP contribution >= 0.6 is 0 Å². The molecule has 0 aromatic heterocycles. The fraction of sp³-hybridized carbons (Fsp3) is 0.364. The Morgan fingerprint density at radius 3 is 2.33 bits per heavy atom. The zero-order valence-corrected chi connectivity index (χ0v) is 9.40. The highest BCUT2D eigenvalue weighted by Crippen LogP contribution is 2.25. The predicted octanol–water partition coefficient (Wildman–Crippen LogP) is 2.18. The van der Waals surface area contributed by atoms with Gasteiger partial charge in [0.2, 0.25) is 0 Å². The molecule has 0 radical (unpaired) electrons. The van der Waals surface area contributed by atoms with E-state index in [9.17, 15) is 23.1 Å². The molecule has 1 N–H and O–H groups in total. The lowest BCUT2D eigenvalue weighted by Crippen LogP contribution is -2.17. The van der Waals surface area contributed by atoms with E-state index in [4.69, 9.17) is 0 Å². The third-order valence-corrected chi connectivity index (χ3v) is 2.09. The highest BCUT2D eigenvalue weighted by atomic mass is 19.4. The average molecular weight is 264 g/mol. The summed E-state index contributed by atoms with van der Waals surface area (Å²) in [5, 5.41) is 9.58. The predicted molar refractivity (Wildman–Crippen MR) is 54.7 cm³/mol. The van der Waals surface area contributed by atoms with Gasteiger partial charge in [-0.05, 0) is 17.7 Å². The number of carbonyl (C=O) groups is 1. The van der Waals surface area contributed by atoms with Gasteiger partial charge in [0, 0.05) is 0 Å². The van der Waals surface area contributed by atoms with Crippen LogP contribution in [0.25, 0.3) is 0 Å². The molecule has 0 bridgehead atoms. The number of ether oxygens (including phenoxy) is 2. The summed E-state index contributed by atoms with van der Waals surface area (Å²) < 4.78 is 43.7. The first kappa shape index (κ1) is 14.3. The standard InChI is InChI=1S/C11H11F3O4/c1-17-10(16)6-9(15)7-2-4-8(5-3-7)18-11(12,13)14/h2-5,9,15H,6H2,1H3/t9-/m0/s1. The van der Waals surface area contributed by atoms with Gasteiger partial charge in [-0.2, -0.15) is 0 Å². The molecule has 1 aromatic carbocycles. The quantitative estimate of drug-likeness (QED) is 0.847. The molecule has 1 aromatic rings. The average Bonchev–Trinajstić information content (AvgIpc) is 2.27. The topological polar surface area (TPSA) is 55.8 Å². The Balaban J connectivity index is 2.67. The second-order valence-corrected chi connectivity index (χ2v) is 3.41. The minimum atomic E-state index is -4.76. The molecule has 7 heteroatoms. The third-order valence-electron chi connectivity index (χ3n) is 2.09. The summed E-state index contributed by atoms with van der Waals surface area (Å²) in [4.78, 5) is 10.9. The molecule has 4 nitrogen and oxygen atoms in total. The van der Waals surface area contributed by atoms with Crippen molar-refractivity contribution in [3.05, 3.63) is 29.8 Å². The van der Waals surface area contributed by atoms with Crippen molar-refractivity contribution >= 4 is 5.97 Å². The first-order valence-corrected chi connectivity index (χ1v) is 4.92. The van der Waals surface area contributed by atoms with E-state index in [-0.39, 0.29) is 6.42 Å². The van der Waals surface area contributed by atoms with Crippen LogP contribution in [0.5, 0.6) is 5.75 Å². The van der Waals surface area contributed by atoms with Crippen molar-refractivity contribution in [3.8, 4) is 5.75 Å². The summed E-state index contributed by atoms with van der Waals surface area (Å²) in [5.74, 6) is -1.00. The van der Waals surface area contributed by atoms with Gasteiger partial charge in [-0.15, -0.1) is 13.2 Å². The molecule has 0 aliphatic carbocycles. The van der Waals surface area contributed by atoms with E-state index in [2.05, 4.69) is 9.47 Å². The van der Waals surface area contributed by atoms with Crippen LogP contribution in [0.4, 0.5) is 13.2 Å². The van der Waals surface area contributed by atoms with Gasteiger partial charge >= 0.3 is 12.3 Å². The number of carbonyl (C=O) groups excluding carboxylic acids is 1. The Bertz CT molecular complexity index is 400. The number of esters is 1. The molecule has 0 aliphatic rings. The highest BCUT2D eigenvalue weighted by molar-refractivity contribution is 5.70. The molecular formula is C11H11F3O4. The molecule has 18 heavy (non-hydrogen) atoms. The zero-order valence-electron chi connectivity index (χ0n) is 9.40. The van der Waals surface area contributed by atoms with Crippen LogP contribution < -0.4 is 4.74 Å². The summed E-state index contributed by atoms with van der Waals surface area (Å²) in [5.41, 5.74) is 0.301. The summed E-state index contributed by atoms with van der Waals surface area (Å²) in [6.45, 7) is 0. The molecule has 0 aliphatic heterocycles. The molecular weight excluding hydrogens is 253 g/mol. The van der Waals surface area contributed by atoms with Crippen molar-refractivity contribution in [2.24, 2.45) is 0 Å². The smallest absolute Gasteiger partial charge is 0.469 e. The molecule has 0 spiro atoms. The van der Waals surface area contributed by atoms with Crippen LogP contribution in [0, 0.1) is 0 Å². The number of hydrogen-bond acceptors (Lipinski definition) is 4. The zero-order chi connectivity index (χ0) is 13.8. The molecule has 0 saturated heterocycles. The van der Waals surface area contributed by atoms with Gasteiger partial charge in [-0.25, -0.2) is 0 Å². The van der Waals surface area contributed by atoms with Crippen LogP contribution in [0.2, 0.25) is 0 Å². The van der Waals surface area contributed by atoms with E-state index in [1.54, 1.807) is 0 Å². The van der Waals surface area contributed by atoms with Crippen LogP contribution in [-0.4, -0.2) is 24.5 Å². The maximum atomic E-state index is 11.9. The van der Waals surface area contributed by atoms with E-state index < -0.39 is 24.2 Å². The van der Waals surface area contributed by atoms with E-state index >= 15 is 0 Å². The van der Waals surface area contributed by atoms with E-state index in [1.165, 1.54) is 19.2 Å². The maximum Gasteiger partial charge on any atom is 0.573 e. The fourth-order valence-corrected chi connectivity index (χ4v) is 1.25. The molecule has 1 atom stereocenters. The number of hydrogen-bond donors (Lipinski definition) is 1. The second-order valence-electron chi connectivity index (χ2n) is 3.41. The minimum absolute atomic E-state index is 0.268. The summed E-state index contributed by atoms with van der Waals surface area (Å²) in [7, 11) is 1.18. The number of benzene rings is 1. The van der Waals surface area contributed by atoms with Crippen molar-refractivity contribution in [1.29, 1.82) is 0 Å². The van der Waals surface area contributed by atoms with Crippen LogP contribution in [0.1, 0.15) is 18.1 Å². The highest BCUT2D eigenvalue weighted by Gasteiger charge is 2.31. The summed E-state index contributed by atoms with van der Waals surface area (Å²) >= 11 is 0. The first-order chi connectivity index (χ1) is 8.31. The number of halogens is 3. The Labute approximate surface area is 101 Å². The number of aliphatic hydroxyl groups excluding tert-OH is 1. The van der Waals surface area contributed by atoms with E-state index in [0.717, 1.165) is 12.1 Å². The van der Waals surface area contributed by atoms with Crippen molar-refractivity contribution in [3.63, 3.8) is 0 Å². The monoisotopic (exact) mass is 264 g/mol. The molecule has 0 unspecified atom stereocenters. The third kappa shape index (κ3) is 4.62. The first-order valence-electron chi connectivity index (χ1n) is 4.92. The van der Waals surface area contributed by atoms with Crippen molar-refractivity contribution in [1.82, 2.24) is 0 Å².